The Balaban J connectivity index is 0.00000242. The zero-order chi connectivity index (χ0) is 15.2. The monoisotopic (exact) mass is 514 g/mol. The summed E-state index contributed by atoms with van der Waals surface area (Å²) >= 11 is 6.97. The first-order valence-electron chi connectivity index (χ1n) is 6.70. The van der Waals surface area contributed by atoms with E-state index < -0.39 is 0 Å². The number of nitrogens with one attached hydrogen (secondary N) is 2. The first-order valence-corrected chi connectivity index (χ1v) is 9.12. The van der Waals surface area contributed by atoms with Gasteiger partial charge in [0.1, 0.15) is 0 Å². The number of guanidine groups is 1. The van der Waals surface area contributed by atoms with Crippen LogP contribution >= 0.6 is 62.6 Å². The third-order valence-corrected chi connectivity index (χ3v) is 5.74. The minimum Gasteiger partial charge on any atom is -0.356 e. The van der Waals surface area contributed by atoms with E-state index in [1.165, 1.54) is 14.8 Å². The van der Waals surface area contributed by atoms with Crippen molar-refractivity contribution in [3.05, 3.63) is 36.4 Å². The fourth-order valence-corrected chi connectivity index (χ4v) is 4.13. The van der Waals surface area contributed by atoms with Crippen LogP contribution in [0.3, 0.4) is 0 Å². The number of aromatic nitrogens is 1. The van der Waals surface area contributed by atoms with Gasteiger partial charge in [0, 0.05) is 29.8 Å². The van der Waals surface area contributed by atoms with Crippen LogP contribution in [0.15, 0.2) is 20.9 Å². The molecule has 2 N–H and O–H groups in total. The molecule has 0 fully saturated rings. The summed E-state index contributed by atoms with van der Waals surface area (Å²) in [6.45, 7) is 5.79. The van der Waals surface area contributed by atoms with E-state index in [-0.39, 0.29) is 24.0 Å². The number of halogens is 2. The third-order valence-electron chi connectivity index (χ3n) is 2.99. The zero-order valence-corrected chi connectivity index (χ0v) is 18.3. The largest absolute Gasteiger partial charge is 0.356 e. The van der Waals surface area contributed by atoms with Crippen LogP contribution in [0.5, 0.6) is 0 Å². The van der Waals surface area contributed by atoms with Crippen LogP contribution in [0.25, 0.3) is 0 Å². The number of aryl methyl sites for hydroxylation is 2. The molecule has 0 saturated carbocycles. The second-order valence-corrected chi connectivity index (χ2v) is 8.39. The van der Waals surface area contributed by atoms with E-state index in [0.717, 1.165) is 35.0 Å². The predicted molar refractivity (Wildman–Crippen MR) is 111 cm³/mol. The quantitative estimate of drug-likeness (QED) is 0.358. The lowest BCUT2D eigenvalue weighted by Gasteiger charge is -2.10. The molecule has 0 amide bonds. The molecule has 0 bridgehead atoms. The van der Waals surface area contributed by atoms with Crippen molar-refractivity contribution in [2.45, 2.75) is 26.8 Å². The first-order chi connectivity index (χ1) is 10.1. The van der Waals surface area contributed by atoms with Crippen LogP contribution in [0.2, 0.25) is 0 Å². The Hall–Kier alpha value is -0.190. The predicted octanol–water partition coefficient (Wildman–Crippen LogP) is 4.11. The highest BCUT2D eigenvalue weighted by Gasteiger charge is 2.04. The molecule has 2 aromatic heterocycles. The SMILES string of the molecule is CN=C(NCCc1nc(C)c(C)s1)NCc1ccc(Br)s1.I. The minimum absolute atomic E-state index is 0. The highest BCUT2D eigenvalue weighted by atomic mass is 127. The van der Waals surface area contributed by atoms with Crippen molar-refractivity contribution in [1.29, 1.82) is 0 Å². The number of hydrogen-bond acceptors (Lipinski definition) is 4. The molecule has 122 valence electrons. The average molecular weight is 515 g/mol. The second-order valence-electron chi connectivity index (χ2n) is 4.56. The highest BCUT2D eigenvalue weighted by Crippen LogP contribution is 2.21. The average Bonchev–Trinajstić information content (AvgIpc) is 3.00. The van der Waals surface area contributed by atoms with Gasteiger partial charge in [-0.1, -0.05) is 0 Å². The maximum atomic E-state index is 4.54. The van der Waals surface area contributed by atoms with E-state index in [1.54, 1.807) is 29.7 Å². The van der Waals surface area contributed by atoms with Crippen LogP contribution < -0.4 is 10.6 Å². The molecule has 22 heavy (non-hydrogen) atoms. The maximum absolute atomic E-state index is 4.54. The molecule has 2 rings (SSSR count). The van der Waals surface area contributed by atoms with Crippen molar-refractivity contribution >= 4 is 68.5 Å². The van der Waals surface area contributed by atoms with Gasteiger partial charge in [-0.25, -0.2) is 4.98 Å². The molecule has 0 unspecified atom stereocenters. The Morgan fingerprint density at radius 1 is 1.27 bits per heavy atom. The topological polar surface area (TPSA) is 49.3 Å². The Morgan fingerprint density at radius 3 is 2.59 bits per heavy atom. The van der Waals surface area contributed by atoms with Gasteiger partial charge < -0.3 is 10.6 Å². The first kappa shape index (κ1) is 19.9. The fraction of sp³-hybridized carbons (Fsp3) is 0.429. The molecule has 0 radical (unpaired) electrons. The highest BCUT2D eigenvalue weighted by molar-refractivity contribution is 14.0. The second kappa shape index (κ2) is 9.84. The molecule has 8 heteroatoms. The summed E-state index contributed by atoms with van der Waals surface area (Å²) in [4.78, 5) is 11.4. The molecule has 0 aliphatic carbocycles. The van der Waals surface area contributed by atoms with Crippen LogP contribution in [0.4, 0.5) is 0 Å². The van der Waals surface area contributed by atoms with Crippen molar-refractivity contribution < 1.29 is 0 Å². The fourth-order valence-electron chi connectivity index (χ4n) is 1.77. The van der Waals surface area contributed by atoms with E-state index in [2.05, 4.69) is 62.5 Å². The molecule has 2 aromatic rings. The van der Waals surface area contributed by atoms with E-state index in [9.17, 15) is 0 Å². The number of thiophene rings is 1. The third kappa shape index (κ3) is 6.13. The van der Waals surface area contributed by atoms with Crippen LogP contribution in [-0.4, -0.2) is 24.5 Å². The number of rotatable bonds is 5. The molecule has 0 saturated heterocycles. The summed E-state index contributed by atoms with van der Waals surface area (Å²) in [6.07, 6.45) is 0.921. The zero-order valence-electron chi connectivity index (χ0n) is 12.8. The smallest absolute Gasteiger partial charge is 0.191 e. The normalized spacial score (nSPS) is 11.2. The van der Waals surface area contributed by atoms with Crippen molar-refractivity contribution in [2.75, 3.05) is 13.6 Å². The van der Waals surface area contributed by atoms with E-state index >= 15 is 0 Å². The number of nitrogens with zero attached hydrogens (tertiary/aromatic N) is 2. The number of hydrogen-bond donors (Lipinski definition) is 2. The summed E-state index contributed by atoms with van der Waals surface area (Å²) < 4.78 is 1.15. The van der Waals surface area contributed by atoms with Crippen molar-refractivity contribution in [2.24, 2.45) is 4.99 Å². The number of thiazole rings is 1. The standard InChI is InChI=1S/C14H19BrN4S2.HI/c1-9-10(2)20-13(19-9)6-7-17-14(16-3)18-8-11-4-5-12(15)21-11;/h4-5H,6-8H2,1-3H3,(H2,16,17,18);1H. The molecule has 0 spiro atoms. The summed E-state index contributed by atoms with van der Waals surface area (Å²) in [7, 11) is 1.79. The lowest BCUT2D eigenvalue weighted by Crippen LogP contribution is -2.37. The Morgan fingerprint density at radius 2 is 2.05 bits per heavy atom. The van der Waals surface area contributed by atoms with Gasteiger partial charge in [0.15, 0.2) is 5.96 Å². The van der Waals surface area contributed by atoms with Crippen molar-refractivity contribution in [1.82, 2.24) is 15.6 Å². The van der Waals surface area contributed by atoms with Gasteiger partial charge in [-0.15, -0.1) is 46.7 Å². The molecule has 0 atom stereocenters. The summed E-state index contributed by atoms with van der Waals surface area (Å²) in [5.41, 5.74) is 1.14. The van der Waals surface area contributed by atoms with Crippen molar-refractivity contribution in [3.8, 4) is 0 Å². The van der Waals surface area contributed by atoms with Crippen LogP contribution in [0, 0.1) is 13.8 Å². The Labute approximate surface area is 165 Å². The van der Waals surface area contributed by atoms with Crippen LogP contribution in [-0.2, 0) is 13.0 Å². The van der Waals surface area contributed by atoms with E-state index in [4.69, 9.17) is 0 Å². The summed E-state index contributed by atoms with van der Waals surface area (Å²) in [6, 6.07) is 4.17. The molecule has 4 nitrogen and oxygen atoms in total. The maximum Gasteiger partial charge on any atom is 0.191 e. The van der Waals surface area contributed by atoms with Gasteiger partial charge in [0.2, 0.25) is 0 Å². The van der Waals surface area contributed by atoms with Gasteiger partial charge in [-0.2, -0.15) is 0 Å². The minimum atomic E-state index is 0. The molecular formula is C14H20BrIN4S2. The summed E-state index contributed by atoms with van der Waals surface area (Å²) in [5.74, 6) is 0.824. The molecule has 0 aliphatic rings. The molecular weight excluding hydrogens is 495 g/mol. The molecule has 2 heterocycles. The Kier molecular flexibility index (Phi) is 8.88. The lowest BCUT2D eigenvalue weighted by molar-refractivity contribution is 0.795. The summed E-state index contributed by atoms with van der Waals surface area (Å²) in [5, 5.41) is 7.81. The van der Waals surface area contributed by atoms with Gasteiger partial charge in [-0.05, 0) is 41.9 Å². The lowest BCUT2D eigenvalue weighted by atomic mass is 10.4. The van der Waals surface area contributed by atoms with Crippen LogP contribution in [0.1, 0.15) is 20.5 Å². The number of aliphatic imine (C=N–C) groups is 1. The van der Waals surface area contributed by atoms with E-state index in [1.807, 2.05) is 0 Å². The van der Waals surface area contributed by atoms with Gasteiger partial charge in [-0.3, -0.25) is 4.99 Å². The van der Waals surface area contributed by atoms with E-state index in [0.29, 0.717) is 0 Å². The van der Waals surface area contributed by atoms with Gasteiger partial charge in [0.25, 0.3) is 0 Å². The molecule has 0 aliphatic heterocycles. The Bertz CT molecular complexity index is 605. The van der Waals surface area contributed by atoms with Crippen molar-refractivity contribution in [3.63, 3.8) is 0 Å². The molecule has 0 aromatic carbocycles. The van der Waals surface area contributed by atoms with Gasteiger partial charge in [0.05, 0.1) is 21.0 Å². The van der Waals surface area contributed by atoms with Gasteiger partial charge >= 0.3 is 0 Å².